The van der Waals surface area contributed by atoms with Crippen LogP contribution in [0.15, 0.2) is 24.3 Å². The fraction of sp³-hybridized carbons (Fsp3) is 0.462. The van der Waals surface area contributed by atoms with E-state index in [4.69, 9.17) is 23.2 Å². The Kier molecular flexibility index (Phi) is 4.99. The monoisotopic (exact) mass is 274 g/mol. The number of alkyl halides is 2. The van der Waals surface area contributed by atoms with Gasteiger partial charge in [0.25, 0.3) is 0 Å². The normalized spacial score (nSPS) is 13.5. The Hall–Kier alpha value is -0.570. The summed E-state index contributed by atoms with van der Waals surface area (Å²) in [6, 6.07) is 7.05. The molecule has 1 atom stereocenters. The lowest BCUT2D eigenvalue weighted by atomic mass is 9.98. The molecule has 0 heterocycles. The molecule has 0 bridgehead atoms. The Morgan fingerprint density at radius 2 is 2.00 bits per heavy atom. The highest BCUT2D eigenvalue weighted by atomic mass is 35.5. The minimum atomic E-state index is -1.78. The van der Waals surface area contributed by atoms with E-state index in [0.29, 0.717) is 18.4 Å². The fourth-order valence-electron chi connectivity index (χ4n) is 1.61. The van der Waals surface area contributed by atoms with Crippen LogP contribution in [0.5, 0.6) is 0 Å². The number of aryl methyl sites for hydroxylation is 1. The molecule has 1 unspecified atom stereocenters. The lowest BCUT2D eigenvalue weighted by Crippen LogP contribution is -2.39. The SMILES string of the molecule is CCCC(O)C(Cl)(Cl)C(=O)c1ccccc1C. The molecule has 0 aliphatic rings. The van der Waals surface area contributed by atoms with Crippen LogP contribution in [0.4, 0.5) is 0 Å². The van der Waals surface area contributed by atoms with Gasteiger partial charge in [-0.15, -0.1) is 0 Å². The molecule has 0 saturated heterocycles. The number of aliphatic hydroxyl groups is 1. The molecule has 0 radical (unpaired) electrons. The zero-order chi connectivity index (χ0) is 13.1. The first kappa shape index (κ1) is 14.5. The largest absolute Gasteiger partial charge is 0.389 e. The number of benzene rings is 1. The molecule has 1 rings (SSSR count). The van der Waals surface area contributed by atoms with Crippen molar-refractivity contribution in [3.8, 4) is 0 Å². The molecule has 0 spiro atoms. The first-order valence-corrected chi connectivity index (χ1v) is 6.33. The van der Waals surface area contributed by atoms with Crippen molar-refractivity contribution in [3.63, 3.8) is 0 Å². The van der Waals surface area contributed by atoms with Crippen molar-refractivity contribution in [2.45, 2.75) is 37.1 Å². The molecule has 0 amide bonds. The highest BCUT2D eigenvalue weighted by Gasteiger charge is 2.41. The second kappa shape index (κ2) is 5.85. The molecule has 17 heavy (non-hydrogen) atoms. The van der Waals surface area contributed by atoms with E-state index in [0.717, 1.165) is 5.56 Å². The van der Waals surface area contributed by atoms with Crippen LogP contribution in [0.3, 0.4) is 0 Å². The van der Waals surface area contributed by atoms with Crippen LogP contribution in [-0.2, 0) is 0 Å². The maximum atomic E-state index is 12.2. The lowest BCUT2D eigenvalue weighted by Gasteiger charge is -2.24. The average Bonchev–Trinajstić information content (AvgIpc) is 2.29. The second-order valence-electron chi connectivity index (χ2n) is 4.07. The van der Waals surface area contributed by atoms with E-state index in [-0.39, 0.29) is 0 Å². The Morgan fingerprint density at radius 1 is 1.41 bits per heavy atom. The predicted molar refractivity (Wildman–Crippen MR) is 70.9 cm³/mol. The zero-order valence-corrected chi connectivity index (χ0v) is 11.4. The molecule has 0 aliphatic carbocycles. The highest BCUT2D eigenvalue weighted by Crippen LogP contribution is 2.33. The smallest absolute Gasteiger partial charge is 0.205 e. The molecule has 0 fully saturated rings. The van der Waals surface area contributed by atoms with Gasteiger partial charge in [-0.1, -0.05) is 60.8 Å². The van der Waals surface area contributed by atoms with E-state index in [1.54, 1.807) is 12.1 Å². The highest BCUT2D eigenvalue weighted by molar-refractivity contribution is 6.60. The van der Waals surface area contributed by atoms with Gasteiger partial charge in [-0.3, -0.25) is 4.79 Å². The number of hydrogen-bond acceptors (Lipinski definition) is 2. The van der Waals surface area contributed by atoms with Crippen molar-refractivity contribution >= 4 is 29.0 Å². The standard InChI is InChI=1S/C13H16Cl2O2/c1-3-6-11(16)13(14,15)12(17)10-8-5-4-7-9(10)2/h4-5,7-8,11,16H,3,6H2,1-2H3. The van der Waals surface area contributed by atoms with Gasteiger partial charge in [0.1, 0.15) is 0 Å². The summed E-state index contributed by atoms with van der Waals surface area (Å²) in [4.78, 5) is 12.2. The Bertz CT molecular complexity index is 402. The van der Waals surface area contributed by atoms with Crippen molar-refractivity contribution in [2.24, 2.45) is 0 Å². The summed E-state index contributed by atoms with van der Waals surface area (Å²) in [6.45, 7) is 3.70. The van der Waals surface area contributed by atoms with Gasteiger partial charge in [0.05, 0.1) is 6.10 Å². The molecule has 1 N–H and O–H groups in total. The number of carbonyl (C=O) groups excluding carboxylic acids is 1. The number of hydrogen-bond donors (Lipinski definition) is 1. The van der Waals surface area contributed by atoms with Gasteiger partial charge in [-0.25, -0.2) is 0 Å². The Morgan fingerprint density at radius 3 is 2.53 bits per heavy atom. The molecule has 1 aromatic carbocycles. The van der Waals surface area contributed by atoms with Gasteiger partial charge in [-0.05, 0) is 18.9 Å². The van der Waals surface area contributed by atoms with E-state index in [2.05, 4.69) is 0 Å². The van der Waals surface area contributed by atoms with Crippen LogP contribution in [-0.4, -0.2) is 21.3 Å². The summed E-state index contributed by atoms with van der Waals surface area (Å²) in [5, 5.41) is 9.81. The van der Waals surface area contributed by atoms with Crippen LogP contribution in [0.1, 0.15) is 35.7 Å². The van der Waals surface area contributed by atoms with Gasteiger partial charge in [0.15, 0.2) is 0 Å². The average molecular weight is 275 g/mol. The van der Waals surface area contributed by atoms with E-state index in [9.17, 15) is 9.90 Å². The van der Waals surface area contributed by atoms with Crippen LogP contribution in [0.25, 0.3) is 0 Å². The van der Waals surface area contributed by atoms with E-state index < -0.39 is 16.2 Å². The number of Topliss-reactive ketones (excluding diaryl/α,β-unsaturated/α-hetero) is 1. The summed E-state index contributed by atoms with van der Waals surface area (Å²) >= 11 is 12.0. The van der Waals surface area contributed by atoms with Crippen LogP contribution in [0, 0.1) is 6.92 Å². The number of ketones is 1. The zero-order valence-electron chi connectivity index (χ0n) is 9.91. The number of aliphatic hydroxyl groups excluding tert-OH is 1. The minimum Gasteiger partial charge on any atom is -0.389 e. The molecule has 2 nitrogen and oxygen atoms in total. The van der Waals surface area contributed by atoms with E-state index in [1.165, 1.54) is 0 Å². The van der Waals surface area contributed by atoms with Crippen molar-refractivity contribution in [3.05, 3.63) is 35.4 Å². The summed E-state index contributed by atoms with van der Waals surface area (Å²) < 4.78 is -1.78. The van der Waals surface area contributed by atoms with Crippen LogP contribution in [0.2, 0.25) is 0 Å². The summed E-state index contributed by atoms with van der Waals surface area (Å²) in [7, 11) is 0. The Labute approximate surface area is 112 Å². The molecule has 0 aromatic heterocycles. The number of rotatable bonds is 5. The quantitative estimate of drug-likeness (QED) is 0.659. The number of halogens is 2. The molecular weight excluding hydrogens is 259 g/mol. The molecule has 1 aromatic rings. The van der Waals surface area contributed by atoms with Crippen LogP contribution >= 0.6 is 23.2 Å². The van der Waals surface area contributed by atoms with E-state index >= 15 is 0 Å². The molecule has 94 valence electrons. The third kappa shape index (κ3) is 3.21. The first-order chi connectivity index (χ1) is 7.91. The van der Waals surface area contributed by atoms with Gasteiger partial charge in [0.2, 0.25) is 10.1 Å². The fourth-order valence-corrected chi connectivity index (χ4v) is 2.04. The van der Waals surface area contributed by atoms with Crippen LogP contribution < -0.4 is 0 Å². The van der Waals surface area contributed by atoms with Crippen molar-refractivity contribution in [2.75, 3.05) is 0 Å². The van der Waals surface area contributed by atoms with Gasteiger partial charge in [0, 0.05) is 5.56 Å². The topological polar surface area (TPSA) is 37.3 Å². The third-order valence-electron chi connectivity index (χ3n) is 2.67. The maximum Gasteiger partial charge on any atom is 0.205 e. The summed E-state index contributed by atoms with van der Waals surface area (Å²) in [5.41, 5.74) is 1.25. The Balaban J connectivity index is 3.00. The molecule has 0 aliphatic heterocycles. The van der Waals surface area contributed by atoms with Crippen molar-refractivity contribution < 1.29 is 9.90 Å². The third-order valence-corrected chi connectivity index (χ3v) is 3.52. The maximum absolute atomic E-state index is 12.2. The lowest BCUT2D eigenvalue weighted by molar-refractivity contribution is 0.0835. The summed E-state index contributed by atoms with van der Waals surface area (Å²) in [5.74, 6) is -0.445. The minimum absolute atomic E-state index is 0.393. The van der Waals surface area contributed by atoms with Gasteiger partial charge < -0.3 is 5.11 Å². The van der Waals surface area contributed by atoms with Crippen molar-refractivity contribution in [1.29, 1.82) is 0 Å². The first-order valence-electron chi connectivity index (χ1n) is 5.57. The molecular formula is C13H16Cl2O2. The predicted octanol–water partition coefficient (Wildman–Crippen LogP) is 3.51. The molecule has 0 saturated carbocycles. The van der Waals surface area contributed by atoms with Gasteiger partial charge in [-0.2, -0.15) is 0 Å². The van der Waals surface area contributed by atoms with E-state index in [1.807, 2.05) is 26.0 Å². The number of carbonyl (C=O) groups is 1. The van der Waals surface area contributed by atoms with Crippen molar-refractivity contribution in [1.82, 2.24) is 0 Å². The second-order valence-corrected chi connectivity index (χ2v) is 5.46. The van der Waals surface area contributed by atoms with Gasteiger partial charge >= 0.3 is 0 Å². The molecule has 4 heteroatoms. The summed E-state index contributed by atoms with van der Waals surface area (Å²) in [6.07, 6.45) is 0.0524.